The van der Waals surface area contributed by atoms with Crippen molar-refractivity contribution in [3.63, 3.8) is 0 Å². The molecule has 0 aliphatic carbocycles. The summed E-state index contributed by atoms with van der Waals surface area (Å²) >= 11 is 3.38. The van der Waals surface area contributed by atoms with Crippen LogP contribution < -0.4 is 0 Å². The smallest absolute Gasteiger partial charge is 0.323 e. The van der Waals surface area contributed by atoms with Crippen LogP contribution >= 0.6 is 15.9 Å². The number of nitrogens with zero attached hydrogens (tertiary/aromatic N) is 3. The number of benzene rings is 1. The van der Waals surface area contributed by atoms with Gasteiger partial charge >= 0.3 is 5.97 Å². The van der Waals surface area contributed by atoms with Gasteiger partial charge in [-0.25, -0.2) is 0 Å². The van der Waals surface area contributed by atoms with Crippen molar-refractivity contribution in [3.05, 3.63) is 52.3 Å². The zero-order valence-electron chi connectivity index (χ0n) is 12.8. The molecule has 0 saturated carbocycles. The highest BCUT2D eigenvalue weighted by Crippen LogP contribution is 2.14. The lowest BCUT2D eigenvalue weighted by Gasteiger charge is -2.21. The average molecular weight is 380 g/mol. The van der Waals surface area contributed by atoms with Crippen molar-refractivity contribution in [2.75, 3.05) is 6.54 Å². The molecule has 23 heavy (non-hydrogen) atoms. The van der Waals surface area contributed by atoms with E-state index in [9.17, 15) is 9.59 Å². The first kappa shape index (κ1) is 17.2. The predicted octanol–water partition coefficient (Wildman–Crippen LogP) is 2.23. The Morgan fingerprint density at radius 1 is 1.35 bits per heavy atom. The molecule has 0 saturated heterocycles. The van der Waals surface area contributed by atoms with Crippen LogP contribution in [0.4, 0.5) is 0 Å². The Kier molecular flexibility index (Phi) is 5.92. The second-order valence-electron chi connectivity index (χ2n) is 5.22. The van der Waals surface area contributed by atoms with Crippen LogP contribution in [0, 0.1) is 0 Å². The van der Waals surface area contributed by atoms with E-state index in [0.29, 0.717) is 6.42 Å². The number of carbonyl (C=O) groups is 2. The van der Waals surface area contributed by atoms with E-state index < -0.39 is 5.97 Å². The Bertz CT molecular complexity index is 699. The molecule has 0 spiro atoms. The van der Waals surface area contributed by atoms with Crippen LogP contribution in [-0.2, 0) is 29.6 Å². The largest absolute Gasteiger partial charge is 0.480 e. The van der Waals surface area contributed by atoms with Gasteiger partial charge in [0.1, 0.15) is 6.54 Å². The van der Waals surface area contributed by atoms with Crippen LogP contribution in [0.1, 0.15) is 17.7 Å². The van der Waals surface area contributed by atoms with Crippen LogP contribution in [0.5, 0.6) is 0 Å². The minimum absolute atomic E-state index is 0.187. The Morgan fingerprint density at radius 2 is 2.13 bits per heavy atom. The number of carbonyl (C=O) groups excluding carboxylic acids is 1. The number of aryl methyl sites for hydroxylation is 2. The first-order chi connectivity index (χ1) is 11.0. The maximum absolute atomic E-state index is 12.4. The van der Waals surface area contributed by atoms with Crippen LogP contribution in [0.15, 0.2) is 41.0 Å². The molecule has 6 nitrogen and oxygen atoms in total. The first-order valence-corrected chi connectivity index (χ1v) is 7.96. The molecular formula is C16H18BrN3O3. The summed E-state index contributed by atoms with van der Waals surface area (Å²) < 4.78 is 2.61. The molecule has 0 aliphatic heterocycles. The highest BCUT2D eigenvalue weighted by atomic mass is 79.9. The summed E-state index contributed by atoms with van der Waals surface area (Å²) in [6.07, 6.45) is 2.46. The van der Waals surface area contributed by atoms with E-state index in [1.165, 1.54) is 4.90 Å². The third-order valence-corrected chi connectivity index (χ3v) is 3.95. The van der Waals surface area contributed by atoms with E-state index in [1.807, 2.05) is 37.4 Å². The molecular weight excluding hydrogens is 362 g/mol. The molecule has 2 rings (SSSR count). The number of hydrogen-bond acceptors (Lipinski definition) is 3. The number of aromatic nitrogens is 2. The maximum atomic E-state index is 12.4. The van der Waals surface area contributed by atoms with E-state index in [0.717, 1.165) is 15.7 Å². The Balaban J connectivity index is 2.03. The second-order valence-corrected chi connectivity index (χ2v) is 6.14. The van der Waals surface area contributed by atoms with Crippen molar-refractivity contribution in [2.45, 2.75) is 19.4 Å². The lowest BCUT2D eigenvalue weighted by molar-refractivity contribution is -0.144. The summed E-state index contributed by atoms with van der Waals surface area (Å²) in [6, 6.07) is 9.34. The highest BCUT2D eigenvalue weighted by Gasteiger charge is 2.17. The topological polar surface area (TPSA) is 75.4 Å². The number of amides is 1. The van der Waals surface area contributed by atoms with Gasteiger partial charge in [-0.1, -0.05) is 28.1 Å². The molecule has 7 heteroatoms. The number of carboxylic acid groups (broad SMARTS) is 1. The van der Waals surface area contributed by atoms with E-state index in [2.05, 4.69) is 21.0 Å². The molecule has 0 aliphatic rings. The van der Waals surface area contributed by atoms with Gasteiger partial charge in [-0.3, -0.25) is 14.3 Å². The summed E-state index contributed by atoms with van der Waals surface area (Å²) in [6.45, 7) is -0.0350. The van der Waals surface area contributed by atoms with Gasteiger partial charge in [0.25, 0.3) is 0 Å². The summed E-state index contributed by atoms with van der Waals surface area (Å²) in [5.74, 6) is -1.21. The fraction of sp³-hybridized carbons (Fsp3) is 0.312. The monoisotopic (exact) mass is 379 g/mol. The van der Waals surface area contributed by atoms with Gasteiger partial charge in [-0.05, 0) is 30.2 Å². The van der Waals surface area contributed by atoms with Gasteiger partial charge in [0, 0.05) is 36.4 Å². The molecule has 1 aromatic carbocycles. The lowest BCUT2D eigenvalue weighted by Crippen LogP contribution is -2.35. The number of carboxylic acids is 1. The van der Waals surface area contributed by atoms with Crippen molar-refractivity contribution in [2.24, 2.45) is 7.05 Å². The average Bonchev–Trinajstić information content (AvgIpc) is 2.89. The first-order valence-electron chi connectivity index (χ1n) is 7.16. The Labute approximate surface area is 142 Å². The molecule has 1 amide bonds. The van der Waals surface area contributed by atoms with Crippen molar-refractivity contribution in [1.29, 1.82) is 0 Å². The van der Waals surface area contributed by atoms with Gasteiger partial charge in [-0.15, -0.1) is 0 Å². The van der Waals surface area contributed by atoms with Gasteiger partial charge < -0.3 is 10.0 Å². The summed E-state index contributed by atoms with van der Waals surface area (Å²) in [7, 11) is 1.82. The highest BCUT2D eigenvalue weighted by molar-refractivity contribution is 9.10. The van der Waals surface area contributed by atoms with Crippen molar-refractivity contribution < 1.29 is 14.7 Å². The zero-order chi connectivity index (χ0) is 16.8. The fourth-order valence-electron chi connectivity index (χ4n) is 2.29. The molecule has 1 aromatic heterocycles. The number of halogens is 1. The van der Waals surface area contributed by atoms with Crippen LogP contribution in [0.2, 0.25) is 0 Å². The third-order valence-electron chi connectivity index (χ3n) is 3.46. The molecule has 0 bridgehead atoms. The molecule has 0 fully saturated rings. The summed E-state index contributed by atoms with van der Waals surface area (Å²) in [5, 5.41) is 13.1. The second kappa shape index (κ2) is 7.92. The van der Waals surface area contributed by atoms with E-state index in [4.69, 9.17) is 5.11 Å². The normalized spacial score (nSPS) is 10.5. The van der Waals surface area contributed by atoms with Gasteiger partial charge in [0.15, 0.2) is 0 Å². The molecule has 2 aromatic rings. The Morgan fingerprint density at radius 3 is 2.74 bits per heavy atom. The van der Waals surface area contributed by atoms with Crippen molar-refractivity contribution >= 4 is 27.8 Å². The van der Waals surface area contributed by atoms with Crippen molar-refractivity contribution in [1.82, 2.24) is 14.7 Å². The van der Waals surface area contributed by atoms with Crippen LogP contribution in [0.25, 0.3) is 0 Å². The minimum Gasteiger partial charge on any atom is -0.480 e. The maximum Gasteiger partial charge on any atom is 0.323 e. The fourth-order valence-corrected chi connectivity index (χ4v) is 2.74. The van der Waals surface area contributed by atoms with Crippen LogP contribution in [-0.4, -0.2) is 38.2 Å². The summed E-state index contributed by atoms with van der Waals surface area (Å²) in [4.78, 5) is 24.8. The number of aliphatic carboxylic acids is 1. The molecule has 0 unspecified atom stereocenters. The van der Waals surface area contributed by atoms with E-state index >= 15 is 0 Å². The van der Waals surface area contributed by atoms with Gasteiger partial charge in [0.05, 0.1) is 0 Å². The lowest BCUT2D eigenvalue weighted by atomic mass is 10.1. The number of rotatable bonds is 7. The molecule has 122 valence electrons. The Hall–Kier alpha value is -2.15. The zero-order valence-corrected chi connectivity index (χ0v) is 14.4. The van der Waals surface area contributed by atoms with E-state index in [-0.39, 0.29) is 25.4 Å². The van der Waals surface area contributed by atoms with Crippen LogP contribution in [0.3, 0.4) is 0 Å². The van der Waals surface area contributed by atoms with Gasteiger partial charge in [-0.2, -0.15) is 5.10 Å². The molecule has 1 N–H and O–H groups in total. The third kappa shape index (κ3) is 5.21. The standard InChI is InChI=1S/C16H18BrN3O3/c1-19-14(7-8-18-19)5-6-15(21)20(11-16(22)23)10-12-3-2-4-13(17)9-12/h2-4,7-9H,5-6,10-11H2,1H3,(H,22,23). The molecule has 0 atom stereocenters. The molecule has 0 radical (unpaired) electrons. The number of hydrogen-bond donors (Lipinski definition) is 1. The molecule has 1 heterocycles. The summed E-state index contributed by atoms with van der Waals surface area (Å²) in [5.41, 5.74) is 1.82. The van der Waals surface area contributed by atoms with Gasteiger partial charge in [0.2, 0.25) is 5.91 Å². The predicted molar refractivity (Wildman–Crippen MR) is 88.7 cm³/mol. The SMILES string of the molecule is Cn1nccc1CCC(=O)N(CC(=O)O)Cc1cccc(Br)c1. The van der Waals surface area contributed by atoms with E-state index in [1.54, 1.807) is 10.9 Å². The minimum atomic E-state index is -1.02. The quantitative estimate of drug-likeness (QED) is 0.800. The van der Waals surface area contributed by atoms with Crippen molar-refractivity contribution in [3.8, 4) is 0 Å².